The van der Waals surface area contributed by atoms with Crippen LogP contribution in [0.25, 0.3) is 10.9 Å². The van der Waals surface area contributed by atoms with Gasteiger partial charge in [-0.05, 0) is 18.6 Å². The van der Waals surface area contributed by atoms with Crippen LogP contribution >= 0.6 is 12.2 Å². The van der Waals surface area contributed by atoms with Crippen LogP contribution in [-0.4, -0.2) is 12.1 Å². The molecule has 0 unspecified atom stereocenters. The van der Waals surface area contributed by atoms with Crippen molar-refractivity contribution in [2.24, 2.45) is 0 Å². The van der Waals surface area contributed by atoms with Gasteiger partial charge >= 0.3 is 0 Å². The number of aromatic nitrogens is 1. The largest absolute Gasteiger partial charge is 0.494 e. The fourth-order valence-corrected chi connectivity index (χ4v) is 1.83. The Kier molecular flexibility index (Phi) is 2.25. The Bertz CT molecular complexity index is 530. The van der Waals surface area contributed by atoms with Gasteiger partial charge in [0.2, 0.25) is 0 Å². The summed E-state index contributed by atoms with van der Waals surface area (Å²) in [5, 5.41) is 1.03. The van der Waals surface area contributed by atoms with Gasteiger partial charge < -0.3 is 9.72 Å². The van der Waals surface area contributed by atoms with Crippen molar-refractivity contribution in [3.05, 3.63) is 34.5 Å². The minimum absolute atomic E-state index is 0.844. The molecule has 14 heavy (non-hydrogen) atoms. The van der Waals surface area contributed by atoms with Crippen LogP contribution in [0, 0.1) is 11.4 Å². The van der Waals surface area contributed by atoms with Crippen molar-refractivity contribution in [3.63, 3.8) is 0 Å². The van der Waals surface area contributed by atoms with Crippen molar-refractivity contribution in [2.45, 2.75) is 6.92 Å². The highest BCUT2D eigenvalue weighted by Gasteiger charge is 2.05. The lowest BCUT2D eigenvalue weighted by Gasteiger charge is -2.08. The summed E-state index contributed by atoms with van der Waals surface area (Å²) in [6.07, 6.45) is 1.84. The summed E-state index contributed by atoms with van der Waals surface area (Å²) < 4.78 is 6.18. The standard InChI is InChI=1S/C11H11NOS/c1-7-3-4-8-9(14)5-6-12-10(8)11(7)13-2/h3-6H,1-2H3,(H,12,14). The summed E-state index contributed by atoms with van der Waals surface area (Å²) in [6.45, 7) is 2.02. The first-order valence-corrected chi connectivity index (χ1v) is 4.80. The average molecular weight is 205 g/mol. The third kappa shape index (κ3) is 1.30. The second-order valence-corrected chi connectivity index (χ2v) is 3.62. The van der Waals surface area contributed by atoms with Gasteiger partial charge in [-0.3, -0.25) is 0 Å². The number of fused-ring (bicyclic) bond motifs is 1. The number of benzene rings is 1. The molecule has 0 aliphatic carbocycles. The van der Waals surface area contributed by atoms with E-state index in [1.165, 1.54) is 0 Å². The van der Waals surface area contributed by atoms with Crippen LogP contribution in [0.15, 0.2) is 24.4 Å². The maximum atomic E-state index is 5.34. The van der Waals surface area contributed by atoms with Crippen LogP contribution in [0.4, 0.5) is 0 Å². The maximum absolute atomic E-state index is 5.34. The third-order valence-electron chi connectivity index (χ3n) is 2.29. The van der Waals surface area contributed by atoms with Crippen molar-refractivity contribution in [2.75, 3.05) is 7.11 Å². The lowest BCUT2D eigenvalue weighted by atomic mass is 10.1. The first kappa shape index (κ1) is 9.21. The van der Waals surface area contributed by atoms with Gasteiger partial charge in [0.05, 0.1) is 12.6 Å². The Labute approximate surface area is 87.5 Å². The number of pyridine rings is 1. The van der Waals surface area contributed by atoms with Gasteiger partial charge in [0.15, 0.2) is 0 Å². The first-order chi connectivity index (χ1) is 6.74. The van der Waals surface area contributed by atoms with E-state index >= 15 is 0 Å². The molecule has 1 aromatic carbocycles. The molecule has 0 atom stereocenters. The lowest BCUT2D eigenvalue weighted by Crippen LogP contribution is -1.90. The SMILES string of the molecule is COc1c(C)ccc2c(=S)cc[nH]c12. The summed E-state index contributed by atoms with van der Waals surface area (Å²) in [6, 6.07) is 5.92. The summed E-state index contributed by atoms with van der Waals surface area (Å²) in [5.41, 5.74) is 2.08. The van der Waals surface area contributed by atoms with Gasteiger partial charge in [0.1, 0.15) is 5.75 Å². The van der Waals surface area contributed by atoms with Crippen LogP contribution in [0.5, 0.6) is 5.75 Å². The number of methoxy groups -OCH3 is 1. The molecule has 0 aliphatic heterocycles. The summed E-state index contributed by atoms with van der Waals surface area (Å²) in [7, 11) is 1.67. The molecule has 0 spiro atoms. The van der Waals surface area contributed by atoms with Gasteiger partial charge in [-0.2, -0.15) is 0 Å². The smallest absolute Gasteiger partial charge is 0.145 e. The molecule has 2 aromatic rings. The lowest BCUT2D eigenvalue weighted by molar-refractivity contribution is 0.416. The monoisotopic (exact) mass is 205 g/mol. The average Bonchev–Trinajstić information content (AvgIpc) is 2.18. The van der Waals surface area contributed by atoms with Crippen molar-refractivity contribution in [3.8, 4) is 5.75 Å². The second-order valence-electron chi connectivity index (χ2n) is 3.18. The van der Waals surface area contributed by atoms with Gasteiger partial charge in [-0.15, -0.1) is 0 Å². The van der Waals surface area contributed by atoms with Crippen molar-refractivity contribution < 1.29 is 4.74 Å². The summed E-state index contributed by atoms with van der Waals surface area (Å²) >= 11 is 5.23. The van der Waals surface area contributed by atoms with Gasteiger partial charge in [0, 0.05) is 16.1 Å². The van der Waals surface area contributed by atoms with E-state index in [-0.39, 0.29) is 0 Å². The number of aryl methyl sites for hydroxylation is 1. The van der Waals surface area contributed by atoms with E-state index in [0.717, 1.165) is 26.7 Å². The molecular weight excluding hydrogens is 194 g/mol. The Morgan fingerprint density at radius 3 is 2.79 bits per heavy atom. The normalized spacial score (nSPS) is 10.4. The fraction of sp³-hybridized carbons (Fsp3) is 0.182. The number of hydrogen-bond acceptors (Lipinski definition) is 2. The van der Waals surface area contributed by atoms with E-state index in [9.17, 15) is 0 Å². The molecular formula is C11H11NOS. The zero-order chi connectivity index (χ0) is 10.1. The molecule has 0 amide bonds. The predicted molar refractivity (Wildman–Crippen MR) is 60.4 cm³/mol. The van der Waals surface area contributed by atoms with Gasteiger partial charge in [-0.1, -0.05) is 24.4 Å². The van der Waals surface area contributed by atoms with Crippen LogP contribution in [0.1, 0.15) is 5.56 Å². The molecule has 3 heteroatoms. The molecule has 1 aromatic heterocycles. The topological polar surface area (TPSA) is 25.0 Å². The highest BCUT2D eigenvalue weighted by Crippen LogP contribution is 2.27. The minimum atomic E-state index is 0.844. The number of hydrogen-bond donors (Lipinski definition) is 1. The van der Waals surface area contributed by atoms with Crippen LogP contribution in [-0.2, 0) is 0 Å². The summed E-state index contributed by atoms with van der Waals surface area (Å²) in [5.74, 6) is 0.870. The van der Waals surface area contributed by atoms with Crippen LogP contribution in [0.3, 0.4) is 0 Å². The highest BCUT2D eigenvalue weighted by atomic mass is 32.1. The zero-order valence-corrected chi connectivity index (χ0v) is 8.94. The number of H-pyrrole nitrogens is 1. The molecule has 0 fully saturated rings. The second kappa shape index (κ2) is 3.42. The predicted octanol–water partition coefficient (Wildman–Crippen LogP) is 3.21. The maximum Gasteiger partial charge on any atom is 0.145 e. The van der Waals surface area contributed by atoms with E-state index < -0.39 is 0 Å². The number of ether oxygens (including phenoxy) is 1. The number of aromatic amines is 1. The third-order valence-corrected chi connectivity index (χ3v) is 2.64. The highest BCUT2D eigenvalue weighted by molar-refractivity contribution is 7.71. The van der Waals surface area contributed by atoms with E-state index in [1.54, 1.807) is 7.11 Å². The number of nitrogens with one attached hydrogen (secondary N) is 1. The Balaban J connectivity index is 2.95. The Morgan fingerprint density at radius 1 is 1.29 bits per heavy atom. The molecule has 0 saturated carbocycles. The van der Waals surface area contributed by atoms with E-state index in [0.29, 0.717) is 0 Å². The molecule has 0 bridgehead atoms. The molecule has 0 saturated heterocycles. The molecule has 0 radical (unpaired) electrons. The minimum Gasteiger partial charge on any atom is -0.494 e. The van der Waals surface area contributed by atoms with Crippen LogP contribution in [0.2, 0.25) is 0 Å². The molecule has 1 heterocycles. The van der Waals surface area contributed by atoms with E-state index in [1.807, 2.05) is 31.3 Å². The van der Waals surface area contributed by atoms with Gasteiger partial charge in [-0.25, -0.2) is 0 Å². The van der Waals surface area contributed by atoms with Crippen molar-refractivity contribution in [1.82, 2.24) is 4.98 Å². The Hall–Kier alpha value is -1.35. The quantitative estimate of drug-likeness (QED) is 0.723. The van der Waals surface area contributed by atoms with Crippen molar-refractivity contribution in [1.29, 1.82) is 0 Å². The Morgan fingerprint density at radius 2 is 2.07 bits per heavy atom. The van der Waals surface area contributed by atoms with Crippen molar-refractivity contribution >= 4 is 23.1 Å². The van der Waals surface area contributed by atoms with E-state index in [2.05, 4.69) is 4.98 Å². The number of rotatable bonds is 1. The molecule has 1 N–H and O–H groups in total. The van der Waals surface area contributed by atoms with Gasteiger partial charge in [0.25, 0.3) is 0 Å². The zero-order valence-electron chi connectivity index (χ0n) is 8.13. The van der Waals surface area contributed by atoms with E-state index in [4.69, 9.17) is 17.0 Å². The molecule has 72 valence electrons. The molecule has 2 nitrogen and oxygen atoms in total. The molecule has 0 aliphatic rings. The summed E-state index contributed by atoms with van der Waals surface area (Å²) in [4.78, 5) is 3.16. The molecule has 2 rings (SSSR count). The first-order valence-electron chi connectivity index (χ1n) is 4.39. The fourth-order valence-electron chi connectivity index (χ4n) is 1.59. The van der Waals surface area contributed by atoms with Crippen LogP contribution < -0.4 is 4.74 Å².